The van der Waals surface area contributed by atoms with Crippen LogP contribution in [0.2, 0.25) is 0 Å². The molecule has 13 heavy (non-hydrogen) atoms. The zero-order valence-corrected chi connectivity index (χ0v) is 8.67. The predicted octanol–water partition coefficient (Wildman–Crippen LogP) is 2.36. The molecule has 0 spiro atoms. The van der Waals surface area contributed by atoms with E-state index in [0.717, 1.165) is 12.8 Å². The van der Waals surface area contributed by atoms with Crippen molar-refractivity contribution in [2.24, 2.45) is 5.73 Å². The molecule has 0 fully saturated rings. The smallest absolute Gasteiger partial charge is 0.0422 e. The van der Waals surface area contributed by atoms with Crippen molar-refractivity contribution in [3.63, 3.8) is 0 Å². The van der Waals surface area contributed by atoms with Gasteiger partial charge in [-0.2, -0.15) is 0 Å². The SMILES string of the molecule is CCC(N)(CC)c1cnccc1C. The van der Waals surface area contributed by atoms with Gasteiger partial charge < -0.3 is 5.73 Å². The summed E-state index contributed by atoms with van der Waals surface area (Å²) in [5, 5.41) is 0. The fraction of sp³-hybridized carbons (Fsp3) is 0.545. The molecule has 1 aromatic heterocycles. The normalized spacial score (nSPS) is 11.7. The number of aromatic nitrogens is 1. The first kappa shape index (κ1) is 10.2. The summed E-state index contributed by atoms with van der Waals surface area (Å²) in [4.78, 5) is 4.13. The maximum Gasteiger partial charge on any atom is 0.0422 e. The van der Waals surface area contributed by atoms with Gasteiger partial charge in [0.05, 0.1) is 0 Å². The molecule has 0 aliphatic rings. The molecule has 2 heteroatoms. The minimum absolute atomic E-state index is 0.196. The largest absolute Gasteiger partial charge is 0.321 e. The summed E-state index contributed by atoms with van der Waals surface area (Å²) in [6, 6.07) is 2.02. The van der Waals surface area contributed by atoms with Crippen LogP contribution in [-0.4, -0.2) is 4.98 Å². The van der Waals surface area contributed by atoms with Gasteiger partial charge in [0, 0.05) is 17.9 Å². The van der Waals surface area contributed by atoms with Crippen molar-refractivity contribution < 1.29 is 0 Å². The highest BCUT2D eigenvalue weighted by molar-refractivity contribution is 5.28. The summed E-state index contributed by atoms with van der Waals surface area (Å²) in [6.45, 7) is 6.33. The van der Waals surface area contributed by atoms with E-state index in [0.29, 0.717) is 0 Å². The standard InChI is InChI=1S/C11H18N2/c1-4-11(12,5-2)10-8-13-7-6-9(10)3/h6-8H,4-5,12H2,1-3H3. The third kappa shape index (κ3) is 1.89. The second-order valence-corrected chi connectivity index (χ2v) is 3.55. The number of pyridine rings is 1. The van der Waals surface area contributed by atoms with Gasteiger partial charge in [-0.3, -0.25) is 4.98 Å². The van der Waals surface area contributed by atoms with E-state index in [1.54, 1.807) is 0 Å². The minimum atomic E-state index is -0.196. The Kier molecular flexibility index (Phi) is 3.04. The van der Waals surface area contributed by atoms with Gasteiger partial charge in [-0.1, -0.05) is 13.8 Å². The molecule has 2 N–H and O–H groups in total. The summed E-state index contributed by atoms with van der Waals surface area (Å²) in [7, 11) is 0. The average molecular weight is 178 g/mol. The molecule has 0 amide bonds. The Bertz CT molecular complexity index is 277. The summed E-state index contributed by atoms with van der Waals surface area (Å²) in [6.07, 6.45) is 5.61. The lowest BCUT2D eigenvalue weighted by molar-refractivity contribution is 0.409. The number of nitrogens with two attached hydrogens (primary N) is 1. The van der Waals surface area contributed by atoms with Gasteiger partial charge in [-0.25, -0.2) is 0 Å². The lowest BCUT2D eigenvalue weighted by Gasteiger charge is -2.28. The average Bonchev–Trinajstić information content (AvgIpc) is 2.17. The molecule has 0 atom stereocenters. The molecule has 0 radical (unpaired) electrons. The fourth-order valence-corrected chi connectivity index (χ4v) is 1.62. The van der Waals surface area contributed by atoms with Crippen molar-refractivity contribution in [2.45, 2.75) is 39.2 Å². The van der Waals surface area contributed by atoms with E-state index < -0.39 is 0 Å². The Hall–Kier alpha value is -0.890. The molecule has 0 saturated heterocycles. The first-order valence-electron chi connectivity index (χ1n) is 4.84. The van der Waals surface area contributed by atoms with Crippen LogP contribution in [0.3, 0.4) is 0 Å². The van der Waals surface area contributed by atoms with Crippen molar-refractivity contribution >= 4 is 0 Å². The monoisotopic (exact) mass is 178 g/mol. The second kappa shape index (κ2) is 3.88. The van der Waals surface area contributed by atoms with E-state index >= 15 is 0 Å². The number of nitrogens with zero attached hydrogens (tertiary/aromatic N) is 1. The highest BCUT2D eigenvalue weighted by Gasteiger charge is 2.24. The van der Waals surface area contributed by atoms with Gasteiger partial charge >= 0.3 is 0 Å². The highest BCUT2D eigenvalue weighted by Crippen LogP contribution is 2.27. The molecule has 0 aromatic carbocycles. The van der Waals surface area contributed by atoms with Gasteiger partial charge in [0.25, 0.3) is 0 Å². The number of hydrogen-bond acceptors (Lipinski definition) is 2. The summed E-state index contributed by atoms with van der Waals surface area (Å²) in [5.74, 6) is 0. The quantitative estimate of drug-likeness (QED) is 0.771. The molecular weight excluding hydrogens is 160 g/mol. The van der Waals surface area contributed by atoms with Crippen molar-refractivity contribution in [3.8, 4) is 0 Å². The maximum absolute atomic E-state index is 6.28. The van der Waals surface area contributed by atoms with Crippen molar-refractivity contribution in [1.29, 1.82) is 0 Å². The predicted molar refractivity (Wildman–Crippen MR) is 55.4 cm³/mol. The van der Waals surface area contributed by atoms with Crippen LogP contribution in [0, 0.1) is 6.92 Å². The summed E-state index contributed by atoms with van der Waals surface area (Å²) >= 11 is 0. The van der Waals surface area contributed by atoms with E-state index in [9.17, 15) is 0 Å². The lowest BCUT2D eigenvalue weighted by atomic mass is 9.84. The van der Waals surface area contributed by atoms with Crippen LogP contribution in [-0.2, 0) is 5.54 Å². The first-order valence-corrected chi connectivity index (χ1v) is 4.84. The van der Waals surface area contributed by atoms with Crippen LogP contribution < -0.4 is 5.73 Å². The summed E-state index contributed by atoms with van der Waals surface area (Å²) in [5.41, 5.74) is 8.50. The zero-order valence-electron chi connectivity index (χ0n) is 8.67. The third-order valence-electron chi connectivity index (χ3n) is 2.84. The molecule has 1 aromatic rings. The molecule has 1 rings (SSSR count). The minimum Gasteiger partial charge on any atom is -0.321 e. The molecule has 0 saturated carbocycles. The van der Waals surface area contributed by atoms with Crippen molar-refractivity contribution in [2.75, 3.05) is 0 Å². The molecule has 0 unspecified atom stereocenters. The van der Waals surface area contributed by atoms with Crippen LogP contribution in [0.4, 0.5) is 0 Å². The van der Waals surface area contributed by atoms with Gasteiger partial charge in [0.15, 0.2) is 0 Å². The Labute approximate surface area is 80.2 Å². The van der Waals surface area contributed by atoms with E-state index in [1.807, 2.05) is 18.5 Å². The Morgan fingerprint density at radius 3 is 2.46 bits per heavy atom. The number of hydrogen-bond donors (Lipinski definition) is 1. The Morgan fingerprint density at radius 1 is 1.38 bits per heavy atom. The Morgan fingerprint density at radius 2 is 2.00 bits per heavy atom. The molecule has 72 valence electrons. The van der Waals surface area contributed by atoms with Gasteiger partial charge in [0.2, 0.25) is 0 Å². The van der Waals surface area contributed by atoms with E-state index in [-0.39, 0.29) is 5.54 Å². The van der Waals surface area contributed by atoms with Crippen molar-refractivity contribution in [3.05, 3.63) is 29.6 Å². The number of aryl methyl sites for hydroxylation is 1. The lowest BCUT2D eigenvalue weighted by Crippen LogP contribution is -2.35. The molecule has 0 bridgehead atoms. The molecule has 0 aliphatic heterocycles. The molecule has 2 nitrogen and oxygen atoms in total. The maximum atomic E-state index is 6.28. The van der Waals surface area contributed by atoms with Crippen LogP contribution in [0.1, 0.15) is 37.8 Å². The van der Waals surface area contributed by atoms with Crippen LogP contribution >= 0.6 is 0 Å². The van der Waals surface area contributed by atoms with E-state index in [4.69, 9.17) is 5.73 Å². The molecular formula is C11H18N2. The summed E-state index contributed by atoms with van der Waals surface area (Å²) < 4.78 is 0. The van der Waals surface area contributed by atoms with Crippen LogP contribution in [0.5, 0.6) is 0 Å². The van der Waals surface area contributed by atoms with Gasteiger partial charge in [-0.05, 0) is 37.0 Å². The number of rotatable bonds is 3. The second-order valence-electron chi connectivity index (χ2n) is 3.55. The van der Waals surface area contributed by atoms with E-state index in [1.165, 1.54) is 11.1 Å². The van der Waals surface area contributed by atoms with Crippen LogP contribution in [0.25, 0.3) is 0 Å². The zero-order chi connectivity index (χ0) is 9.90. The van der Waals surface area contributed by atoms with Crippen LogP contribution in [0.15, 0.2) is 18.5 Å². The van der Waals surface area contributed by atoms with Gasteiger partial charge in [-0.15, -0.1) is 0 Å². The first-order chi connectivity index (χ1) is 6.14. The topological polar surface area (TPSA) is 38.9 Å². The third-order valence-corrected chi connectivity index (χ3v) is 2.84. The highest BCUT2D eigenvalue weighted by atomic mass is 14.8. The molecule has 1 heterocycles. The van der Waals surface area contributed by atoms with Crippen molar-refractivity contribution in [1.82, 2.24) is 4.98 Å². The fourth-order valence-electron chi connectivity index (χ4n) is 1.62. The molecule has 0 aliphatic carbocycles. The van der Waals surface area contributed by atoms with E-state index in [2.05, 4.69) is 25.8 Å². The Balaban J connectivity index is 3.12. The van der Waals surface area contributed by atoms with Gasteiger partial charge in [0.1, 0.15) is 0 Å².